The average Bonchev–Trinajstić information content (AvgIpc) is 2.51. The normalized spacial score (nSPS) is 24.9. The summed E-state index contributed by atoms with van der Waals surface area (Å²) < 4.78 is 13.1. The van der Waals surface area contributed by atoms with Crippen molar-refractivity contribution in [1.29, 1.82) is 0 Å². The molecule has 2 aromatic carbocycles. The number of aryl methyl sites for hydroxylation is 1. The highest BCUT2D eigenvalue weighted by Gasteiger charge is 2.38. The molecule has 1 aliphatic rings. The summed E-state index contributed by atoms with van der Waals surface area (Å²) in [4.78, 5) is 12.2. The number of carbonyl (C=O) groups is 1. The number of benzene rings is 2. The van der Waals surface area contributed by atoms with Crippen molar-refractivity contribution in [3.8, 4) is 0 Å². The molecule has 1 heterocycles. The molecule has 0 spiro atoms. The third-order valence-corrected chi connectivity index (χ3v) is 4.64. The summed E-state index contributed by atoms with van der Waals surface area (Å²) in [5.74, 6) is -0.488. The molecule has 22 heavy (non-hydrogen) atoms. The van der Waals surface area contributed by atoms with E-state index in [1.165, 1.54) is 23.3 Å². The number of hydrogen-bond donors (Lipinski definition) is 1. The van der Waals surface area contributed by atoms with Crippen LogP contribution in [0.25, 0.3) is 0 Å². The zero-order valence-electron chi connectivity index (χ0n) is 12.9. The number of piperidine rings is 1. The molecule has 0 saturated carbocycles. The lowest BCUT2D eigenvalue weighted by Crippen LogP contribution is -2.48. The fraction of sp³-hybridized carbons (Fsp3) is 0.316. The molecule has 3 rings (SSSR count). The molecule has 1 aliphatic heterocycles. The molecule has 0 bridgehead atoms. The van der Waals surface area contributed by atoms with Crippen LogP contribution in [0, 0.1) is 12.7 Å². The van der Waals surface area contributed by atoms with Crippen LogP contribution in [0.15, 0.2) is 48.5 Å². The van der Waals surface area contributed by atoms with E-state index in [1.807, 2.05) is 0 Å². The van der Waals surface area contributed by atoms with Gasteiger partial charge < -0.3 is 5.32 Å². The van der Waals surface area contributed by atoms with E-state index in [9.17, 15) is 9.18 Å². The maximum atomic E-state index is 13.1. The fourth-order valence-electron chi connectivity index (χ4n) is 3.16. The highest BCUT2D eigenvalue weighted by molar-refractivity contribution is 5.85. The van der Waals surface area contributed by atoms with Gasteiger partial charge in [0.05, 0.1) is 5.92 Å². The average molecular weight is 297 g/mol. The molecule has 0 aromatic heterocycles. The molecule has 1 saturated heterocycles. The first kappa shape index (κ1) is 14.8. The first-order chi connectivity index (χ1) is 10.5. The van der Waals surface area contributed by atoms with Crippen molar-refractivity contribution < 1.29 is 9.18 Å². The van der Waals surface area contributed by atoms with Crippen LogP contribution < -0.4 is 5.32 Å². The number of amides is 1. The molecule has 1 amide bonds. The van der Waals surface area contributed by atoms with Gasteiger partial charge in [0.2, 0.25) is 5.91 Å². The largest absolute Gasteiger partial charge is 0.355 e. The Morgan fingerprint density at radius 1 is 1.09 bits per heavy atom. The van der Waals surface area contributed by atoms with Gasteiger partial charge in [-0.05, 0) is 36.6 Å². The first-order valence-electron chi connectivity index (χ1n) is 7.58. The SMILES string of the molecule is Cc1ccc(C2(C)CNC(=O)C(c3ccc(F)cc3)C2)cc1. The quantitative estimate of drug-likeness (QED) is 0.900. The zero-order valence-corrected chi connectivity index (χ0v) is 12.9. The Hall–Kier alpha value is -2.16. The van der Waals surface area contributed by atoms with Gasteiger partial charge in [0.1, 0.15) is 5.82 Å². The van der Waals surface area contributed by atoms with Crippen molar-refractivity contribution in [2.75, 3.05) is 6.54 Å². The van der Waals surface area contributed by atoms with Crippen molar-refractivity contribution >= 4 is 5.91 Å². The van der Waals surface area contributed by atoms with Crippen LogP contribution in [-0.2, 0) is 10.2 Å². The van der Waals surface area contributed by atoms with Crippen LogP contribution >= 0.6 is 0 Å². The summed E-state index contributed by atoms with van der Waals surface area (Å²) in [7, 11) is 0. The van der Waals surface area contributed by atoms with E-state index in [-0.39, 0.29) is 23.1 Å². The van der Waals surface area contributed by atoms with E-state index >= 15 is 0 Å². The number of nitrogens with one attached hydrogen (secondary N) is 1. The van der Waals surface area contributed by atoms with Gasteiger partial charge in [-0.25, -0.2) is 4.39 Å². The Bertz CT molecular complexity index is 678. The van der Waals surface area contributed by atoms with Crippen LogP contribution in [0.2, 0.25) is 0 Å². The minimum atomic E-state index is -0.277. The van der Waals surface area contributed by atoms with Crippen molar-refractivity contribution in [3.05, 3.63) is 71.0 Å². The number of rotatable bonds is 2. The van der Waals surface area contributed by atoms with Gasteiger partial charge in [-0.1, -0.05) is 48.9 Å². The lowest BCUT2D eigenvalue weighted by molar-refractivity contribution is -0.125. The lowest BCUT2D eigenvalue weighted by Gasteiger charge is -2.38. The molecule has 1 fully saturated rings. The van der Waals surface area contributed by atoms with Crippen LogP contribution in [0.3, 0.4) is 0 Å². The standard InChI is InChI=1S/C19H20FNO/c1-13-3-7-15(8-4-13)19(2)11-17(18(22)21-12-19)14-5-9-16(20)10-6-14/h3-10,17H,11-12H2,1-2H3,(H,21,22). The molecule has 114 valence electrons. The molecule has 0 radical (unpaired) electrons. The van der Waals surface area contributed by atoms with Crippen molar-refractivity contribution in [2.45, 2.75) is 31.6 Å². The second-order valence-corrected chi connectivity index (χ2v) is 6.45. The summed E-state index contributed by atoms with van der Waals surface area (Å²) in [5, 5.41) is 3.02. The van der Waals surface area contributed by atoms with E-state index in [0.717, 1.165) is 12.0 Å². The van der Waals surface area contributed by atoms with Crippen molar-refractivity contribution in [2.24, 2.45) is 0 Å². The third-order valence-electron chi connectivity index (χ3n) is 4.64. The van der Waals surface area contributed by atoms with Crippen molar-refractivity contribution in [3.63, 3.8) is 0 Å². The Balaban J connectivity index is 1.91. The van der Waals surface area contributed by atoms with E-state index in [1.54, 1.807) is 12.1 Å². The summed E-state index contributed by atoms with van der Waals surface area (Å²) in [5.41, 5.74) is 3.21. The second kappa shape index (κ2) is 5.56. The summed E-state index contributed by atoms with van der Waals surface area (Å²) >= 11 is 0. The molecular weight excluding hydrogens is 277 g/mol. The van der Waals surface area contributed by atoms with Gasteiger partial charge in [0, 0.05) is 12.0 Å². The topological polar surface area (TPSA) is 29.1 Å². The van der Waals surface area contributed by atoms with Crippen LogP contribution in [-0.4, -0.2) is 12.5 Å². The Morgan fingerprint density at radius 2 is 1.73 bits per heavy atom. The zero-order chi connectivity index (χ0) is 15.7. The Morgan fingerprint density at radius 3 is 2.36 bits per heavy atom. The highest BCUT2D eigenvalue weighted by atomic mass is 19.1. The van der Waals surface area contributed by atoms with E-state index in [2.05, 4.69) is 43.4 Å². The lowest BCUT2D eigenvalue weighted by atomic mass is 9.71. The predicted molar refractivity (Wildman–Crippen MR) is 85.3 cm³/mol. The van der Waals surface area contributed by atoms with Gasteiger partial charge in [-0.3, -0.25) is 4.79 Å². The monoisotopic (exact) mass is 297 g/mol. The first-order valence-corrected chi connectivity index (χ1v) is 7.58. The molecule has 0 aliphatic carbocycles. The molecule has 2 atom stereocenters. The smallest absolute Gasteiger partial charge is 0.227 e. The van der Waals surface area contributed by atoms with E-state index in [4.69, 9.17) is 0 Å². The van der Waals surface area contributed by atoms with Crippen LogP contribution in [0.5, 0.6) is 0 Å². The number of hydrogen-bond acceptors (Lipinski definition) is 1. The summed E-state index contributed by atoms with van der Waals surface area (Å²) in [6.45, 7) is 4.87. The van der Waals surface area contributed by atoms with E-state index < -0.39 is 0 Å². The second-order valence-electron chi connectivity index (χ2n) is 6.45. The molecular formula is C19H20FNO. The minimum Gasteiger partial charge on any atom is -0.355 e. The highest BCUT2D eigenvalue weighted by Crippen LogP contribution is 2.38. The fourth-order valence-corrected chi connectivity index (χ4v) is 3.16. The predicted octanol–water partition coefficient (Wildman–Crippen LogP) is 3.70. The van der Waals surface area contributed by atoms with Crippen LogP contribution in [0.1, 0.15) is 36.0 Å². The number of halogens is 1. The maximum Gasteiger partial charge on any atom is 0.227 e. The maximum absolute atomic E-state index is 13.1. The summed E-state index contributed by atoms with van der Waals surface area (Å²) in [6.07, 6.45) is 0.730. The Kier molecular flexibility index (Phi) is 3.73. The van der Waals surface area contributed by atoms with Crippen molar-refractivity contribution in [1.82, 2.24) is 5.32 Å². The van der Waals surface area contributed by atoms with Gasteiger partial charge >= 0.3 is 0 Å². The minimum absolute atomic E-state index is 0.0243. The molecule has 2 aromatic rings. The molecule has 2 unspecified atom stereocenters. The molecule has 1 N–H and O–H groups in total. The van der Waals surface area contributed by atoms with Gasteiger partial charge in [0.15, 0.2) is 0 Å². The van der Waals surface area contributed by atoms with E-state index in [0.29, 0.717) is 6.54 Å². The third kappa shape index (κ3) is 2.76. The van der Waals surface area contributed by atoms with Gasteiger partial charge in [-0.2, -0.15) is 0 Å². The van der Waals surface area contributed by atoms with Gasteiger partial charge in [-0.15, -0.1) is 0 Å². The Labute approximate surface area is 130 Å². The van der Waals surface area contributed by atoms with Crippen LogP contribution in [0.4, 0.5) is 4.39 Å². The molecule has 2 nitrogen and oxygen atoms in total. The number of carbonyl (C=O) groups excluding carboxylic acids is 1. The molecule has 3 heteroatoms. The van der Waals surface area contributed by atoms with Gasteiger partial charge in [0.25, 0.3) is 0 Å². The summed E-state index contributed by atoms with van der Waals surface area (Å²) in [6, 6.07) is 14.7.